The molecule has 0 atom stereocenters. The molecule has 17 heavy (non-hydrogen) atoms. The lowest BCUT2D eigenvalue weighted by atomic mass is 10.3. The van der Waals surface area contributed by atoms with Gasteiger partial charge in [-0.1, -0.05) is 0 Å². The monoisotopic (exact) mass is 255 g/mol. The minimum Gasteiger partial charge on any atom is -0.399 e. The summed E-state index contributed by atoms with van der Waals surface area (Å²) < 4.78 is 28.4. The van der Waals surface area contributed by atoms with Crippen LogP contribution < -0.4 is 5.73 Å². The molecule has 1 aromatic heterocycles. The fourth-order valence-corrected chi connectivity index (χ4v) is 2.52. The Kier molecular flexibility index (Phi) is 3.03. The van der Waals surface area contributed by atoms with Crippen LogP contribution in [-0.4, -0.2) is 37.9 Å². The van der Waals surface area contributed by atoms with Crippen molar-refractivity contribution < 1.29 is 13.2 Å². The maximum absolute atomic E-state index is 11.8. The minimum atomic E-state index is -3.43. The van der Waals surface area contributed by atoms with Crippen molar-refractivity contribution in [3.63, 3.8) is 0 Å². The van der Waals surface area contributed by atoms with Crippen molar-refractivity contribution in [3.05, 3.63) is 18.2 Å². The molecule has 6 nitrogen and oxygen atoms in total. The molecule has 2 rings (SSSR count). The first kappa shape index (κ1) is 11.9. The molecule has 0 spiro atoms. The third kappa shape index (κ3) is 2.40. The standard InChI is InChI=1S/C10H13N3O3S/c1-16-4-5-17(14,15)10-12-8-3-2-7(11)6-9(8)13-10/h2-3,6H,4-5,11H2,1H3,(H,12,13). The smallest absolute Gasteiger partial charge is 0.226 e. The Morgan fingerprint density at radius 3 is 2.94 bits per heavy atom. The van der Waals surface area contributed by atoms with E-state index in [1.807, 2.05) is 0 Å². The van der Waals surface area contributed by atoms with Crippen LogP contribution in [-0.2, 0) is 14.6 Å². The predicted molar refractivity (Wildman–Crippen MR) is 64.4 cm³/mol. The van der Waals surface area contributed by atoms with Crippen molar-refractivity contribution in [3.8, 4) is 0 Å². The Balaban J connectivity index is 2.43. The summed E-state index contributed by atoms with van der Waals surface area (Å²) in [5.74, 6) is -0.0984. The van der Waals surface area contributed by atoms with Gasteiger partial charge in [-0.25, -0.2) is 13.4 Å². The Hall–Kier alpha value is -1.60. The largest absolute Gasteiger partial charge is 0.399 e. The average molecular weight is 255 g/mol. The number of hydrogen-bond acceptors (Lipinski definition) is 5. The zero-order chi connectivity index (χ0) is 12.5. The van der Waals surface area contributed by atoms with E-state index in [1.54, 1.807) is 18.2 Å². The molecule has 0 saturated heterocycles. The number of anilines is 1. The molecule has 0 saturated carbocycles. The van der Waals surface area contributed by atoms with Gasteiger partial charge in [-0.15, -0.1) is 0 Å². The molecule has 0 aliphatic carbocycles. The second-order valence-electron chi connectivity index (χ2n) is 3.63. The number of rotatable bonds is 4. The lowest BCUT2D eigenvalue weighted by Gasteiger charge is -1.98. The molecule has 0 fully saturated rings. The van der Waals surface area contributed by atoms with Crippen molar-refractivity contribution in [1.29, 1.82) is 0 Å². The number of nitrogens with zero attached hydrogens (tertiary/aromatic N) is 1. The van der Waals surface area contributed by atoms with E-state index in [4.69, 9.17) is 10.5 Å². The second-order valence-corrected chi connectivity index (χ2v) is 5.65. The van der Waals surface area contributed by atoms with Crippen molar-refractivity contribution in [2.45, 2.75) is 5.16 Å². The molecular weight excluding hydrogens is 242 g/mol. The zero-order valence-electron chi connectivity index (χ0n) is 9.30. The molecule has 0 bridgehead atoms. The molecule has 0 unspecified atom stereocenters. The van der Waals surface area contributed by atoms with Crippen LogP contribution in [0.1, 0.15) is 0 Å². The molecule has 0 aliphatic heterocycles. The number of benzene rings is 1. The van der Waals surface area contributed by atoms with Gasteiger partial charge in [-0.3, -0.25) is 0 Å². The molecule has 2 aromatic rings. The number of ether oxygens (including phenoxy) is 1. The number of sulfone groups is 1. The highest BCUT2D eigenvalue weighted by molar-refractivity contribution is 7.91. The van der Waals surface area contributed by atoms with E-state index in [-0.39, 0.29) is 17.5 Å². The lowest BCUT2D eigenvalue weighted by Crippen LogP contribution is -2.12. The molecule has 92 valence electrons. The third-order valence-electron chi connectivity index (χ3n) is 2.33. The Morgan fingerprint density at radius 1 is 1.47 bits per heavy atom. The number of hydrogen-bond donors (Lipinski definition) is 2. The van der Waals surface area contributed by atoms with E-state index in [9.17, 15) is 8.42 Å². The summed E-state index contributed by atoms with van der Waals surface area (Å²) in [6.07, 6.45) is 0. The van der Waals surface area contributed by atoms with Crippen LogP contribution in [0.4, 0.5) is 5.69 Å². The minimum absolute atomic E-state index is 0.0462. The number of fused-ring (bicyclic) bond motifs is 1. The summed E-state index contributed by atoms with van der Waals surface area (Å²) in [6.45, 7) is 0.140. The van der Waals surface area contributed by atoms with Crippen molar-refractivity contribution in [2.75, 3.05) is 25.2 Å². The highest BCUT2D eigenvalue weighted by Gasteiger charge is 2.18. The van der Waals surface area contributed by atoms with Gasteiger partial charge in [0.2, 0.25) is 15.0 Å². The topological polar surface area (TPSA) is 98.1 Å². The number of methoxy groups -OCH3 is 1. The average Bonchev–Trinajstić information content (AvgIpc) is 2.70. The van der Waals surface area contributed by atoms with Crippen molar-refractivity contribution in [2.24, 2.45) is 0 Å². The van der Waals surface area contributed by atoms with Gasteiger partial charge >= 0.3 is 0 Å². The van der Waals surface area contributed by atoms with Gasteiger partial charge in [0.25, 0.3) is 0 Å². The fraction of sp³-hybridized carbons (Fsp3) is 0.300. The van der Waals surface area contributed by atoms with Crippen LogP contribution in [0.15, 0.2) is 23.4 Å². The molecular formula is C10H13N3O3S. The molecule has 0 amide bonds. The summed E-state index contributed by atoms with van der Waals surface area (Å²) in [6, 6.07) is 5.00. The van der Waals surface area contributed by atoms with Crippen LogP contribution in [0.25, 0.3) is 11.0 Å². The number of H-pyrrole nitrogens is 1. The van der Waals surface area contributed by atoms with E-state index < -0.39 is 9.84 Å². The molecule has 3 N–H and O–H groups in total. The predicted octanol–water partition coefficient (Wildman–Crippen LogP) is 0.565. The second kappa shape index (κ2) is 4.34. The highest BCUT2D eigenvalue weighted by atomic mass is 32.2. The van der Waals surface area contributed by atoms with Gasteiger partial charge in [-0.05, 0) is 18.2 Å². The number of aromatic amines is 1. The summed E-state index contributed by atoms with van der Waals surface area (Å²) in [7, 11) is -1.98. The van der Waals surface area contributed by atoms with Gasteiger partial charge in [0.15, 0.2) is 0 Å². The summed E-state index contributed by atoms with van der Waals surface area (Å²) in [5.41, 5.74) is 7.35. The summed E-state index contributed by atoms with van der Waals surface area (Å²) in [4.78, 5) is 6.77. The number of nitrogen functional groups attached to an aromatic ring is 1. The van der Waals surface area contributed by atoms with Gasteiger partial charge in [0.05, 0.1) is 23.4 Å². The first-order valence-corrected chi connectivity index (χ1v) is 6.65. The Bertz CT molecular complexity index is 633. The normalized spacial score (nSPS) is 12.1. The first-order valence-electron chi connectivity index (χ1n) is 5.00. The molecule has 1 aromatic carbocycles. The van der Waals surface area contributed by atoms with Gasteiger partial charge in [0, 0.05) is 12.8 Å². The van der Waals surface area contributed by atoms with Crippen molar-refractivity contribution >= 4 is 26.6 Å². The Morgan fingerprint density at radius 2 is 2.24 bits per heavy atom. The highest BCUT2D eigenvalue weighted by Crippen LogP contribution is 2.17. The van der Waals surface area contributed by atoms with Crippen LogP contribution in [0.5, 0.6) is 0 Å². The maximum Gasteiger partial charge on any atom is 0.226 e. The zero-order valence-corrected chi connectivity index (χ0v) is 10.1. The van der Waals surface area contributed by atoms with Gasteiger partial charge < -0.3 is 15.5 Å². The fourth-order valence-electron chi connectivity index (χ4n) is 1.44. The summed E-state index contributed by atoms with van der Waals surface area (Å²) in [5, 5.41) is -0.0462. The quantitative estimate of drug-likeness (QED) is 0.778. The van der Waals surface area contributed by atoms with Crippen LogP contribution in [0.2, 0.25) is 0 Å². The van der Waals surface area contributed by atoms with E-state index in [0.29, 0.717) is 16.7 Å². The molecule has 0 radical (unpaired) electrons. The number of nitrogens with two attached hydrogens (primary N) is 1. The van der Waals surface area contributed by atoms with Gasteiger partial charge in [0.1, 0.15) is 0 Å². The van der Waals surface area contributed by atoms with Crippen LogP contribution in [0, 0.1) is 0 Å². The maximum atomic E-state index is 11.8. The van der Waals surface area contributed by atoms with E-state index >= 15 is 0 Å². The van der Waals surface area contributed by atoms with E-state index in [1.165, 1.54) is 7.11 Å². The molecule has 0 aliphatic rings. The molecule has 7 heteroatoms. The van der Waals surface area contributed by atoms with E-state index in [2.05, 4.69) is 9.97 Å². The molecule has 1 heterocycles. The lowest BCUT2D eigenvalue weighted by molar-refractivity contribution is 0.217. The number of aromatic nitrogens is 2. The van der Waals surface area contributed by atoms with Crippen LogP contribution in [0.3, 0.4) is 0 Å². The Labute approximate surface area is 98.7 Å². The van der Waals surface area contributed by atoms with Crippen molar-refractivity contribution in [1.82, 2.24) is 9.97 Å². The van der Waals surface area contributed by atoms with Crippen LogP contribution >= 0.6 is 0 Å². The number of imidazole rings is 1. The summed E-state index contributed by atoms with van der Waals surface area (Å²) >= 11 is 0. The SMILES string of the molecule is COCCS(=O)(=O)c1nc2ccc(N)cc2[nH]1. The third-order valence-corrected chi connectivity index (χ3v) is 3.82. The first-order chi connectivity index (χ1) is 8.03. The number of nitrogens with one attached hydrogen (secondary N) is 1. The van der Waals surface area contributed by atoms with Gasteiger partial charge in [-0.2, -0.15) is 0 Å². The van der Waals surface area contributed by atoms with E-state index in [0.717, 1.165) is 0 Å².